The summed E-state index contributed by atoms with van der Waals surface area (Å²) in [5, 5.41) is 1.16. The van der Waals surface area contributed by atoms with Crippen LogP contribution < -0.4 is 5.73 Å². The fourth-order valence-electron chi connectivity index (χ4n) is 2.97. The summed E-state index contributed by atoms with van der Waals surface area (Å²) in [4.78, 5) is 2.45. The first-order valence-electron chi connectivity index (χ1n) is 8.15. The molecule has 1 aromatic carbocycles. The Labute approximate surface area is 128 Å². The van der Waals surface area contributed by atoms with Crippen LogP contribution in [0.2, 0.25) is 0 Å². The number of benzene rings is 1. The summed E-state index contributed by atoms with van der Waals surface area (Å²) in [6.07, 6.45) is 2.43. The summed E-state index contributed by atoms with van der Waals surface area (Å²) in [6, 6.07) is 10.5. The highest BCUT2D eigenvalue weighted by molar-refractivity contribution is 5.77. The van der Waals surface area contributed by atoms with Gasteiger partial charge in [0.1, 0.15) is 11.3 Å². The lowest BCUT2D eigenvalue weighted by molar-refractivity contribution is 0.158. The smallest absolute Gasteiger partial charge is 0.134 e. The van der Waals surface area contributed by atoms with Gasteiger partial charge in [0.2, 0.25) is 0 Å². The number of furan rings is 1. The highest BCUT2D eigenvalue weighted by Crippen LogP contribution is 2.28. The number of para-hydroxylation sites is 1. The molecule has 1 unspecified atom stereocenters. The van der Waals surface area contributed by atoms with Gasteiger partial charge in [-0.15, -0.1) is 0 Å². The summed E-state index contributed by atoms with van der Waals surface area (Å²) in [7, 11) is 0. The van der Waals surface area contributed by atoms with E-state index in [2.05, 4.69) is 37.8 Å². The van der Waals surface area contributed by atoms with Crippen molar-refractivity contribution in [3.8, 4) is 0 Å². The van der Waals surface area contributed by atoms with Crippen molar-refractivity contribution in [2.45, 2.75) is 39.7 Å². The van der Waals surface area contributed by atoms with Crippen LogP contribution >= 0.6 is 0 Å². The highest BCUT2D eigenvalue weighted by atomic mass is 16.3. The van der Waals surface area contributed by atoms with Crippen molar-refractivity contribution in [2.24, 2.45) is 11.7 Å². The molecule has 2 aromatic rings. The molecule has 0 saturated carbocycles. The zero-order valence-corrected chi connectivity index (χ0v) is 13.5. The second-order valence-corrected chi connectivity index (χ2v) is 5.71. The van der Waals surface area contributed by atoms with E-state index in [9.17, 15) is 0 Å². The van der Waals surface area contributed by atoms with Gasteiger partial charge in [-0.2, -0.15) is 0 Å². The third-order valence-corrected chi connectivity index (χ3v) is 4.49. The van der Waals surface area contributed by atoms with E-state index < -0.39 is 0 Å². The van der Waals surface area contributed by atoms with E-state index in [1.165, 1.54) is 12.8 Å². The molecule has 0 radical (unpaired) electrons. The van der Waals surface area contributed by atoms with E-state index in [-0.39, 0.29) is 6.04 Å². The molecule has 21 heavy (non-hydrogen) atoms. The molecule has 0 spiro atoms. The van der Waals surface area contributed by atoms with Crippen LogP contribution in [0.5, 0.6) is 0 Å². The zero-order chi connectivity index (χ0) is 15.2. The molecule has 1 aromatic heterocycles. The fourth-order valence-corrected chi connectivity index (χ4v) is 2.97. The van der Waals surface area contributed by atoms with Gasteiger partial charge in [0.25, 0.3) is 0 Å². The van der Waals surface area contributed by atoms with Crippen LogP contribution in [0.4, 0.5) is 0 Å². The molecule has 0 bridgehead atoms. The predicted molar refractivity (Wildman–Crippen MR) is 89.3 cm³/mol. The Hall–Kier alpha value is -1.32. The maximum atomic E-state index is 6.06. The van der Waals surface area contributed by atoms with Gasteiger partial charge in [-0.3, -0.25) is 4.90 Å². The Kier molecular flexibility index (Phi) is 5.83. The highest BCUT2D eigenvalue weighted by Gasteiger charge is 2.23. The molecule has 0 saturated heterocycles. The summed E-state index contributed by atoms with van der Waals surface area (Å²) >= 11 is 0. The number of likely N-dealkylation sites (N-methyl/N-ethyl adjacent to an activating group) is 1. The van der Waals surface area contributed by atoms with Crippen molar-refractivity contribution in [3.05, 3.63) is 36.1 Å². The average molecular weight is 288 g/mol. The van der Waals surface area contributed by atoms with E-state index in [1.54, 1.807) is 0 Å². The molecular weight excluding hydrogens is 260 g/mol. The Balaban J connectivity index is 2.23. The summed E-state index contributed by atoms with van der Waals surface area (Å²) in [6.45, 7) is 9.40. The van der Waals surface area contributed by atoms with Gasteiger partial charge < -0.3 is 10.2 Å². The number of hydrogen-bond donors (Lipinski definition) is 1. The number of fused-ring (bicyclic) bond motifs is 1. The minimum absolute atomic E-state index is 0.169. The lowest BCUT2D eigenvalue weighted by Crippen LogP contribution is -2.36. The minimum Gasteiger partial charge on any atom is -0.459 e. The SMILES string of the molecule is CCC(CC)CN(CC)C(CN)c1cc2ccccc2o1. The van der Waals surface area contributed by atoms with Gasteiger partial charge in [0.05, 0.1) is 6.04 Å². The molecule has 2 rings (SSSR count). The molecule has 0 amide bonds. The topological polar surface area (TPSA) is 42.4 Å². The third kappa shape index (κ3) is 3.66. The Morgan fingerprint density at radius 3 is 2.43 bits per heavy atom. The van der Waals surface area contributed by atoms with Gasteiger partial charge in [-0.25, -0.2) is 0 Å². The van der Waals surface area contributed by atoms with Gasteiger partial charge in [0, 0.05) is 18.5 Å². The van der Waals surface area contributed by atoms with Gasteiger partial charge in [-0.05, 0) is 24.6 Å². The van der Waals surface area contributed by atoms with Gasteiger partial charge in [-0.1, -0.05) is 51.8 Å². The van der Waals surface area contributed by atoms with Crippen LogP contribution in [-0.2, 0) is 0 Å². The van der Waals surface area contributed by atoms with Crippen molar-refractivity contribution in [3.63, 3.8) is 0 Å². The van der Waals surface area contributed by atoms with Crippen LogP contribution in [0.3, 0.4) is 0 Å². The molecule has 0 aliphatic carbocycles. The third-order valence-electron chi connectivity index (χ3n) is 4.49. The number of rotatable bonds is 8. The van der Waals surface area contributed by atoms with E-state index in [4.69, 9.17) is 10.2 Å². The van der Waals surface area contributed by atoms with Crippen molar-refractivity contribution in [1.82, 2.24) is 4.90 Å². The van der Waals surface area contributed by atoms with Crippen LogP contribution in [0.25, 0.3) is 11.0 Å². The zero-order valence-electron chi connectivity index (χ0n) is 13.5. The molecule has 0 fully saturated rings. The molecule has 116 valence electrons. The Morgan fingerprint density at radius 2 is 1.86 bits per heavy atom. The van der Waals surface area contributed by atoms with E-state index in [0.29, 0.717) is 6.54 Å². The Morgan fingerprint density at radius 1 is 1.14 bits per heavy atom. The number of hydrogen-bond acceptors (Lipinski definition) is 3. The molecule has 0 aliphatic heterocycles. The lowest BCUT2D eigenvalue weighted by atomic mass is 10.0. The van der Waals surface area contributed by atoms with Crippen molar-refractivity contribution < 1.29 is 4.42 Å². The molecular formula is C18H28N2O. The molecule has 3 heteroatoms. The maximum absolute atomic E-state index is 6.06. The number of nitrogens with two attached hydrogens (primary N) is 1. The van der Waals surface area contributed by atoms with E-state index >= 15 is 0 Å². The summed E-state index contributed by atoms with van der Waals surface area (Å²) in [5.74, 6) is 1.72. The first-order chi connectivity index (χ1) is 10.2. The fraction of sp³-hybridized carbons (Fsp3) is 0.556. The summed E-state index contributed by atoms with van der Waals surface area (Å²) in [5.41, 5.74) is 7.01. The van der Waals surface area contributed by atoms with E-state index in [1.807, 2.05) is 18.2 Å². The van der Waals surface area contributed by atoms with Gasteiger partial charge >= 0.3 is 0 Å². The average Bonchev–Trinajstić information content (AvgIpc) is 2.94. The molecule has 1 heterocycles. The Bertz CT molecular complexity index is 512. The standard InChI is InChI=1S/C18H28N2O/c1-4-14(5-2)13-20(6-3)16(12-19)18-11-15-9-7-8-10-17(15)21-18/h7-11,14,16H,4-6,12-13,19H2,1-3H3. The van der Waals surface area contributed by atoms with Gasteiger partial charge in [0.15, 0.2) is 0 Å². The molecule has 2 N–H and O–H groups in total. The largest absolute Gasteiger partial charge is 0.459 e. The molecule has 3 nitrogen and oxygen atoms in total. The molecule has 1 atom stereocenters. The minimum atomic E-state index is 0.169. The second kappa shape index (κ2) is 7.62. The van der Waals surface area contributed by atoms with Crippen LogP contribution in [0, 0.1) is 5.92 Å². The van der Waals surface area contributed by atoms with Crippen LogP contribution in [0.1, 0.15) is 45.4 Å². The quantitative estimate of drug-likeness (QED) is 0.792. The maximum Gasteiger partial charge on any atom is 0.134 e. The van der Waals surface area contributed by atoms with Crippen LogP contribution in [0.15, 0.2) is 34.7 Å². The predicted octanol–water partition coefficient (Wildman–Crippen LogP) is 4.19. The van der Waals surface area contributed by atoms with E-state index in [0.717, 1.165) is 35.7 Å². The van der Waals surface area contributed by atoms with Crippen molar-refractivity contribution in [1.29, 1.82) is 0 Å². The van der Waals surface area contributed by atoms with Crippen molar-refractivity contribution in [2.75, 3.05) is 19.6 Å². The summed E-state index contributed by atoms with van der Waals surface area (Å²) < 4.78 is 6.03. The first kappa shape index (κ1) is 16.1. The molecule has 0 aliphatic rings. The normalized spacial score (nSPS) is 13.4. The second-order valence-electron chi connectivity index (χ2n) is 5.71. The first-order valence-corrected chi connectivity index (χ1v) is 8.15. The van der Waals surface area contributed by atoms with Crippen LogP contribution in [-0.4, -0.2) is 24.5 Å². The lowest BCUT2D eigenvalue weighted by Gasteiger charge is -2.31. The monoisotopic (exact) mass is 288 g/mol. The number of nitrogens with zero attached hydrogens (tertiary/aromatic N) is 1. The van der Waals surface area contributed by atoms with Crippen molar-refractivity contribution >= 4 is 11.0 Å².